The van der Waals surface area contributed by atoms with Gasteiger partial charge in [-0.1, -0.05) is 28.1 Å². The second-order valence-electron chi connectivity index (χ2n) is 4.49. The summed E-state index contributed by atoms with van der Waals surface area (Å²) >= 11 is 3.47. The molecule has 1 aliphatic rings. The van der Waals surface area contributed by atoms with Gasteiger partial charge in [-0.3, -0.25) is 4.90 Å². The zero-order valence-corrected chi connectivity index (χ0v) is 11.9. The normalized spacial score (nSPS) is 18.6. The SMILES string of the molecule is C=CC[C@H](c1ccc(F)cc1Br)N1CCNCC1. The average molecular weight is 313 g/mol. The van der Waals surface area contributed by atoms with E-state index in [9.17, 15) is 4.39 Å². The Kier molecular flexibility index (Phi) is 4.92. The molecule has 0 spiro atoms. The lowest BCUT2D eigenvalue weighted by molar-refractivity contribution is 0.174. The highest BCUT2D eigenvalue weighted by atomic mass is 79.9. The number of benzene rings is 1. The Balaban J connectivity index is 2.24. The standard InChI is InChI=1S/C14H18BrFN2/c1-2-3-14(18-8-6-17-7-9-18)12-5-4-11(16)10-13(12)15/h2,4-5,10,14,17H,1,3,6-9H2/t14-/m1/s1. The Labute approximate surface area is 116 Å². The first-order valence-corrected chi connectivity index (χ1v) is 7.02. The van der Waals surface area contributed by atoms with Crippen LogP contribution < -0.4 is 5.32 Å². The minimum Gasteiger partial charge on any atom is -0.314 e. The number of piperazine rings is 1. The topological polar surface area (TPSA) is 15.3 Å². The average Bonchev–Trinajstić information content (AvgIpc) is 2.38. The minimum absolute atomic E-state index is 0.205. The van der Waals surface area contributed by atoms with Crippen molar-refractivity contribution in [2.75, 3.05) is 26.2 Å². The molecule has 0 radical (unpaired) electrons. The Morgan fingerprint density at radius 1 is 1.44 bits per heavy atom. The van der Waals surface area contributed by atoms with Gasteiger partial charge < -0.3 is 5.32 Å². The maximum atomic E-state index is 13.2. The summed E-state index contributed by atoms with van der Waals surface area (Å²) in [6.07, 6.45) is 2.81. The zero-order chi connectivity index (χ0) is 13.0. The van der Waals surface area contributed by atoms with Crippen LogP contribution in [0.2, 0.25) is 0 Å². The van der Waals surface area contributed by atoms with Crippen molar-refractivity contribution >= 4 is 15.9 Å². The molecule has 0 unspecified atom stereocenters. The number of halogens is 2. The van der Waals surface area contributed by atoms with Gasteiger partial charge in [0.2, 0.25) is 0 Å². The van der Waals surface area contributed by atoms with Crippen LogP contribution in [0.4, 0.5) is 4.39 Å². The summed E-state index contributed by atoms with van der Waals surface area (Å²) in [4.78, 5) is 2.43. The summed E-state index contributed by atoms with van der Waals surface area (Å²) in [5.74, 6) is -0.205. The van der Waals surface area contributed by atoms with Crippen molar-refractivity contribution < 1.29 is 4.39 Å². The van der Waals surface area contributed by atoms with Crippen LogP contribution in [0.25, 0.3) is 0 Å². The molecule has 1 aromatic carbocycles. The molecule has 1 heterocycles. The van der Waals surface area contributed by atoms with E-state index in [2.05, 4.69) is 32.7 Å². The number of nitrogens with one attached hydrogen (secondary N) is 1. The fraction of sp³-hybridized carbons (Fsp3) is 0.429. The monoisotopic (exact) mass is 312 g/mol. The van der Waals surface area contributed by atoms with Gasteiger partial charge in [-0.15, -0.1) is 6.58 Å². The number of nitrogens with zero attached hydrogens (tertiary/aromatic N) is 1. The molecule has 18 heavy (non-hydrogen) atoms. The van der Waals surface area contributed by atoms with Crippen molar-refractivity contribution in [3.63, 3.8) is 0 Å². The van der Waals surface area contributed by atoms with Crippen molar-refractivity contribution in [2.24, 2.45) is 0 Å². The molecular weight excluding hydrogens is 295 g/mol. The molecule has 1 fully saturated rings. The van der Waals surface area contributed by atoms with E-state index in [0.717, 1.165) is 42.6 Å². The van der Waals surface area contributed by atoms with Gasteiger partial charge in [-0.25, -0.2) is 4.39 Å². The van der Waals surface area contributed by atoms with Crippen LogP contribution in [-0.2, 0) is 0 Å². The first-order valence-electron chi connectivity index (χ1n) is 6.23. The Morgan fingerprint density at radius 3 is 2.78 bits per heavy atom. The van der Waals surface area contributed by atoms with E-state index in [1.807, 2.05) is 12.1 Å². The van der Waals surface area contributed by atoms with E-state index in [4.69, 9.17) is 0 Å². The summed E-state index contributed by atoms with van der Waals surface area (Å²) in [5, 5.41) is 3.35. The highest BCUT2D eigenvalue weighted by Gasteiger charge is 2.22. The van der Waals surface area contributed by atoms with Crippen molar-refractivity contribution in [1.29, 1.82) is 0 Å². The largest absolute Gasteiger partial charge is 0.314 e. The van der Waals surface area contributed by atoms with Gasteiger partial charge in [0, 0.05) is 36.7 Å². The van der Waals surface area contributed by atoms with Crippen molar-refractivity contribution in [3.8, 4) is 0 Å². The molecule has 0 bridgehead atoms. The molecule has 98 valence electrons. The van der Waals surface area contributed by atoms with Gasteiger partial charge in [0.1, 0.15) is 5.82 Å². The molecule has 1 atom stereocenters. The number of hydrogen-bond donors (Lipinski definition) is 1. The van der Waals surface area contributed by atoms with Gasteiger partial charge in [-0.2, -0.15) is 0 Å². The summed E-state index contributed by atoms with van der Waals surface area (Å²) in [6.45, 7) is 7.88. The third-order valence-corrected chi connectivity index (χ3v) is 3.99. The Morgan fingerprint density at radius 2 is 2.17 bits per heavy atom. The fourth-order valence-electron chi connectivity index (χ4n) is 2.40. The van der Waals surface area contributed by atoms with E-state index in [-0.39, 0.29) is 11.9 Å². The van der Waals surface area contributed by atoms with Crippen molar-refractivity contribution in [1.82, 2.24) is 10.2 Å². The summed E-state index contributed by atoms with van der Waals surface area (Å²) in [6, 6.07) is 5.21. The van der Waals surface area contributed by atoms with Crippen molar-refractivity contribution in [2.45, 2.75) is 12.5 Å². The molecule has 0 amide bonds. The lowest BCUT2D eigenvalue weighted by atomic mass is 10.0. The predicted molar refractivity (Wildman–Crippen MR) is 76.1 cm³/mol. The molecule has 2 rings (SSSR count). The van der Waals surface area contributed by atoms with Crippen LogP contribution in [0.5, 0.6) is 0 Å². The fourth-order valence-corrected chi connectivity index (χ4v) is 3.01. The van der Waals surface area contributed by atoms with E-state index < -0.39 is 0 Å². The highest BCUT2D eigenvalue weighted by Crippen LogP contribution is 2.31. The van der Waals surface area contributed by atoms with E-state index >= 15 is 0 Å². The first kappa shape index (κ1) is 13.7. The molecule has 1 aliphatic heterocycles. The molecule has 1 aromatic rings. The molecular formula is C14H18BrFN2. The second kappa shape index (κ2) is 6.45. The van der Waals surface area contributed by atoms with E-state index in [1.54, 1.807) is 0 Å². The van der Waals surface area contributed by atoms with Crippen LogP contribution in [-0.4, -0.2) is 31.1 Å². The quantitative estimate of drug-likeness (QED) is 0.859. The van der Waals surface area contributed by atoms with Gasteiger partial charge in [0.25, 0.3) is 0 Å². The van der Waals surface area contributed by atoms with E-state index in [0.29, 0.717) is 0 Å². The smallest absolute Gasteiger partial charge is 0.124 e. The maximum absolute atomic E-state index is 13.2. The minimum atomic E-state index is -0.205. The van der Waals surface area contributed by atoms with Crippen LogP contribution in [0.1, 0.15) is 18.0 Å². The van der Waals surface area contributed by atoms with Gasteiger partial charge in [0.05, 0.1) is 0 Å². The predicted octanol–water partition coefficient (Wildman–Crippen LogP) is 3.11. The number of rotatable bonds is 4. The molecule has 0 aromatic heterocycles. The van der Waals surface area contributed by atoms with Crippen LogP contribution in [0, 0.1) is 5.82 Å². The van der Waals surface area contributed by atoms with E-state index in [1.165, 1.54) is 12.1 Å². The molecule has 1 N–H and O–H groups in total. The van der Waals surface area contributed by atoms with Crippen LogP contribution in [0.3, 0.4) is 0 Å². The maximum Gasteiger partial charge on any atom is 0.124 e. The molecule has 0 saturated carbocycles. The van der Waals surface area contributed by atoms with Crippen molar-refractivity contribution in [3.05, 3.63) is 46.7 Å². The second-order valence-corrected chi connectivity index (χ2v) is 5.35. The summed E-state index contributed by atoms with van der Waals surface area (Å²) in [7, 11) is 0. The molecule has 2 nitrogen and oxygen atoms in total. The zero-order valence-electron chi connectivity index (χ0n) is 10.3. The highest BCUT2D eigenvalue weighted by molar-refractivity contribution is 9.10. The first-order chi connectivity index (χ1) is 8.72. The third-order valence-electron chi connectivity index (χ3n) is 3.30. The molecule has 4 heteroatoms. The van der Waals surface area contributed by atoms with Crippen LogP contribution in [0.15, 0.2) is 35.3 Å². The lowest BCUT2D eigenvalue weighted by Crippen LogP contribution is -2.45. The van der Waals surface area contributed by atoms with Gasteiger partial charge >= 0.3 is 0 Å². The number of hydrogen-bond acceptors (Lipinski definition) is 2. The molecule has 1 saturated heterocycles. The Hall–Kier alpha value is -0.710. The van der Waals surface area contributed by atoms with Gasteiger partial charge in [-0.05, 0) is 24.1 Å². The van der Waals surface area contributed by atoms with Gasteiger partial charge in [0.15, 0.2) is 0 Å². The summed E-state index contributed by atoms with van der Waals surface area (Å²) in [5.41, 5.74) is 1.14. The van der Waals surface area contributed by atoms with Crippen LogP contribution >= 0.6 is 15.9 Å². The summed E-state index contributed by atoms with van der Waals surface area (Å²) < 4.78 is 14.0. The molecule has 0 aliphatic carbocycles. The Bertz CT molecular complexity index is 416. The third kappa shape index (κ3) is 3.19. The lowest BCUT2D eigenvalue weighted by Gasteiger charge is -2.35.